The quantitative estimate of drug-likeness (QED) is 0.781. The summed E-state index contributed by atoms with van der Waals surface area (Å²) in [5.41, 5.74) is 6.21. The topological polar surface area (TPSA) is 29.3 Å². The summed E-state index contributed by atoms with van der Waals surface area (Å²) < 4.78 is 0. The van der Waals surface area contributed by atoms with Crippen LogP contribution in [0.2, 0.25) is 0 Å². The summed E-state index contributed by atoms with van der Waals surface area (Å²) in [5.74, 6) is 0.759. The van der Waals surface area contributed by atoms with Gasteiger partial charge < -0.3 is 5.73 Å². The molecule has 0 amide bonds. The van der Waals surface area contributed by atoms with Crippen LogP contribution in [0.25, 0.3) is 0 Å². The highest BCUT2D eigenvalue weighted by molar-refractivity contribution is 4.93. The fraction of sp³-hybridized carbons (Fsp3) is 1.00. The average molecular weight is 224 g/mol. The van der Waals surface area contributed by atoms with E-state index in [4.69, 9.17) is 5.73 Å². The van der Waals surface area contributed by atoms with Gasteiger partial charge in [-0.2, -0.15) is 0 Å². The molecule has 0 radical (unpaired) electrons. The Morgan fingerprint density at radius 3 is 2.38 bits per heavy atom. The molecule has 1 aliphatic carbocycles. The van der Waals surface area contributed by atoms with Crippen LogP contribution in [0.5, 0.6) is 0 Å². The number of likely N-dealkylation sites (tertiary alicyclic amines) is 1. The number of piperidine rings is 1. The largest absolute Gasteiger partial charge is 0.330 e. The molecule has 1 saturated carbocycles. The minimum atomic E-state index is 0.379. The van der Waals surface area contributed by atoms with Gasteiger partial charge in [-0.1, -0.05) is 19.3 Å². The van der Waals surface area contributed by atoms with Crippen molar-refractivity contribution in [3.8, 4) is 0 Å². The molecule has 2 rings (SSSR count). The second-order valence-corrected chi connectivity index (χ2v) is 6.39. The monoisotopic (exact) mass is 224 g/mol. The van der Waals surface area contributed by atoms with Crippen molar-refractivity contribution in [2.45, 2.75) is 70.4 Å². The summed E-state index contributed by atoms with van der Waals surface area (Å²) in [6.07, 6.45) is 9.80. The van der Waals surface area contributed by atoms with E-state index in [2.05, 4.69) is 18.7 Å². The number of nitrogens with zero attached hydrogens (tertiary/aromatic N) is 1. The molecule has 94 valence electrons. The van der Waals surface area contributed by atoms with Crippen LogP contribution in [0, 0.1) is 5.92 Å². The van der Waals surface area contributed by atoms with Gasteiger partial charge in [0.2, 0.25) is 0 Å². The van der Waals surface area contributed by atoms with Gasteiger partial charge in [0.1, 0.15) is 0 Å². The maximum absolute atomic E-state index is 5.83. The van der Waals surface area contributed by atoms with Crippen molar-refractivity contribution in [2.24, 2.45) is 11.7 Å². The van der Waals surface area contributed by atoms with E-state index in [-0.39, 0.29) is 0 Å². The molecule has 1 saturated heterocycles. The minimum absolute atomic E-state index is 0.379. The lowest BCUT2D eigenvalue weighted by Gasteiger charge is -2.50. The normalized spacial score (nSPS) is 32.8. The molecule has 1 atom stereocenters. The van der Waals surface area contributed by atoms with Crippen LogP contribution >= 0.6 is 0 Å². The first-order valence-electron chi connectivity index (χ1n) is 7.10. The highest BCUT2D eigenvalue weighted by Gasteiger charge is 2.38. The Balaban J connectivity index is 1.98. The molecule has 0 aromatic rings. The second kappa shape index (κ2) is 5.05. The van der Waals surface area contributed by atoms with Gasteiger partial charge in [-0.25, -0.2) is 0 Å². The lowest BCUT2D eigenvalue weighted by Crippen LogP contribution is -2.55. The molecule has 2 nitrogen and oxygen atoms in total. The van der Waals surface area contributed by atoms with Crippen LogP contribution in [0.3, 0.4) is 0 Å². The number of nitrogens with two attached hydrogens (primary N) is 1. The van der Waals surface area contributed by atoms with Gasteiger partial charge in [-0.05, 0) is 58.5 Å². The van der Waals surface area contributed by atoms with Gasteiger partial charge in [-0.3, -0.25) is 4.90 Å². The van der Waals surface area contributed by atoms with Crippen LogP contribution < -0.4 is 5.73 Å². The zero-order valence-corrected chi connectivity index (χ0v) is 11.0. The van der Waals surface area contributed by atoms with E-state index < -0.39 is 0 Å². The number of rotatable bonds is 2. The fourth-order valence-corrected chi connectivity index (χ4v) is 3.82. The Kier molecular flexibility index (Phi) is 3.91. The predicted molar refractivity (Wildman–Crippen MR) is 69.4 cm³/mol. The molecule has 2 heteroatoms. The second-order valence-electron chi connectivity index (χ2n) is 6.39. The lowest BCUT2D eigenvalue weighted by molar-refractivity contribution is -0.00197. The zero-order valence-electron chi connectivity index (χ0n) is 11.0. The molecule has 1 unspecified atom stereocenters. The molecule has 1 aliphatic heterocycles. The molecule has 0 bridgehead atoms. The Bertz CT molecular complexity index is 219. The highest BCUT2D eigenvalue weighted by Crippen LogP contribution is 2.36. The van der Waals surface area contributed by atoms with E-state index in [9.17, 15) is 0 Å². The summed E-state index contributed by atoms with van der Waals surface area (Å²) in [7, 11) is 0. The summed E-state index contributed by atoms with van der Waals surface area (Å²) in [6.45, 7) is 6.99. The summed E-state index contributed by atoms with van der Waals surface area (Å²) in [6, 6.07) is 0.863. The maximum atomic E-state index is 5.83. The fourth-order valence-electron chi connectivity index (χ4n) is 3.82. The van der Waals surface area contributed by atoms with Crippen LogP contribution in [-0.4, -0.2) is 29.6 Å². The van der Waals surface area contributed by atoms with Crippen LogP contribution in [0.15, 0.2) is 0 Å². The molecule has 1 heterocycles. The minimum Gasteiger partial charge on any atom is -0.330 e. The highest BCUT2D eigenvalue weighted by atomic mass is 15.2. The molecular formula is C14H28N2. The Morgan fingerprint density at radius 2 is 1.81 bits per heavy atom. The Hall–Kier alpha value is -0.0800. The third-order valence-electron chi connectivity index (χ3n) is 4.69. The Morgan fingerprint density at radius 1 is 1.12 bits per heavy atom. The molecule has 0 aromatic carbocycles. The molecule has 2 fully saturated rings. The summed E-state index contributed by atoms with van der Waals surface area (Å²) in [4.78, 5) is 2.79. The molecule has 0 spiro atoms. The predicted octanol–water partition coefficient (Wildman–Crippen LogP) is 2.77. The van der Waals surface area contributed by atoms with Crippen LogP contribution in [0.4, 0.5) is 0 Å². The summed E-state index contributed by atoms with van der Waals surface area (Å²) in [5, 5.41) is 0. The third-order valence-corrected chi connectivity index (χ3v) is 4.69. The summed E-state index contributed by atoms with van der Waals surface area (Å²) >= 11 is 0. The third kappa shape index (κ3) is 2.60. The lowest BCUT2D eigenvalue weighted by atomic mass is 9.79. The molecular weight excluding hydrogens is 196 g/mol. The van der Waals surface area contributed by atoms with Crippen molar-refractivity contribution in [2.75, 3.05) is 13.1 Å². The average Bonchev–Trinajstić information content (AvgIpc) is 2.28. The van der Waals surface area contributed by atoms with Crippen molar-refractivity contribution >= 4 is 0 Å². The van der Waals surface area contributed by atoms with E-state index in [0.29, 0.717) is 5.54 Å². The van der Waals surface area contributed by atoms with Crippen molar-refractivity contribution in [3.63, 3.8) is 0 Å². The first-order chi connectivity index (χ1) is 7.63. The Labute approximate surface area is 101 Å². The maximum Gasteiger partial charge on any atom is 0.0159 e. The molecule has 0 aromatic heterocycles. The van der Waals surface area contributed by atoms with Crippen molar-refractivity contribution in [3.05, 3.63) is 0 Å². The molecule has 2 N–H and O–H groups in total. The van der Waals surface area contributed by atoms with Gasteiger partial charge >= 0.3 is 0 Å². The van der Waals surface area contributed by atoms with E-state index >= 15 is 0 Å². The van der Waals surface area contributed by atoms with Crippen molar-refractivity contribution in [1.29, 1.82) is 0 Å². The molecule has 16 heavy (non-hydrogen) atoms. The van der Waals surface area contributed by atoms with Gasteiger partial charge in [0, 0.05) is 11.6 Å². The SMILES string of the molecule is CC1(C)CC(CN)CCN1C1CCCCC1. The zero-order chi connectivity index (χ0) is 11.6. The van der Waals surface area contributed by atoms with E-state index in [0.717, 1.165) is 18.5 Å². The molecule has 2 aliphatic rings. The van der Waals surface area contributed by atoms with Gasteiger partial charge in [0.05, 0.1) is 0 Å². The van der Waals surface area contributed by atoms with Crippen molar-refractivity contribution < 1.29 is 0 Å². The van der Waals surface area contributed by atoms with E-state index in [1.165, 1.54) is 51.5 Å². The van der Waals surface area contributed by atoms with Gasteiger partial charge in [0.25, 0.3) is 0 Å². The van der Waals surface area contributed by atoms with Gasteiger partial charge in [-0.15, -0.1) is 0 Å². The number of hydrogen-bond donors (Lipinski definition) is 1. The van der Waals surface area contributed by atoms with Gasteiger partial charge in [0.15, 0.2) is 0 Å². The van der Waals surface area contributed by atoms with Crippen LogP contribution in [0.1, 0.15) is 58.8 Å². The smallest absolute Gasteiger partial charge is 0.0159 e. The number of hydrogen-bond acceptors (Lipinski definition) is 2. The van der Waals surface area contributed by atoms with E-state index in [1.807, 2.05) is 0 Å². The standard InChI is InChI=1S/C14H28N2/c1-14(2)10-12(11-15)8-9-16(14)13-6-4-3-5-7-13/h12-13H,3-11,15H2,1-2H3. The first-order valence-corrected chi connectivity index (χ1v) is 7.10. The first kappa shape index (κ1) is 12.4. The van der Waals surface area contributed by atoms with Crippen molar-refractivity contribution in [1.82, 2.24) is 4.90 Å². The van der Waals surface area contributed by atoms with E-state index in [1.54, 1.807) is 0 Å². The van der Waals surface area contributed by atoms with Crippen LogP contribution in [-0.2, 0) is 0 Å².